The number of nitrogens with zero attached hydrogens (tertiary/aromatic N) is 3. The summed E-state index contributed by atoms with van der Waals surface area (Å²) in [6, 6.07) is 10.1. The first-order valence-corrected chi connectivity index (χ1v) is 6.31. The first-order valence-electron chi connectivity index (χ1n) is 6.31. The van der Waals surface area contributed by atoms with Gasteiger partial charge in [-0.25, -0.2) is 0 Å². The van der Waals surface area contributed by atoms with E-state index in [1.807, 2.05) is 12.1 Å². The molecule has 1 aliphatic rings. The number of aryl methyl sites for hydroxylation is 1. The monoisotopic (exact) mass is 252 g/mol. The van der Waals surface area contributed by atoms with Crippen molar-refractivity contribution in [2.45, 2.75) is 19.4 Å². The van der Waals surface area contributed by atoms with E-state index in [1.165, 1.54) is 29.4 Å². The van der Waals surface area contributed by atoms with Crippen molar-refractivity contribution in [3.63, 3.8) is 0 Å². The fourth-order valence-electron chi connectivity index (χ4n) is 2.31. The molecule has 1 aromatic carbocycles. The fourth-order valence-corrected chi connectivity index (χ4v) is 2.31. The van der Waals surface area contributed by atoms with Crippen molar-refractivity contribution in [1.29, 1.82) is 10.5 Å². The average Bonchev–Trinajstić information content (AvgIpc) is 2.44. The SMILES string of the molecule is CN1CCCc2cc(CNC=C(C#N)C#N)ccc21. The molecule has 0 atom stereocenters. The highest BCUT2D eigenvalue weighted by molar-refractivity contribution is 5.56. The van der Waals surface area contributed by atoms with Crippen molar-refractivity contribution in [2.75, 3.05) is 18.5 Å². The Balaban J connectivity index is 2.06. The molecule has 1 N–H and O–H groups in total. The molecule has 0 saturated heterocycles. The summed E-state index contributed by atoms with van der Waals surface area (Å²) >= 11 is 0. The van der Waals surface area contributed by atoms with Gasteiger partial charge in [-0.05, 0) is 30.0 Å². The van der Waals surface area contributed by atoms with E-state index in [0.29, 0.717) is 6.54 Å². The van der Waals surface area contributed by atoms with E-state index in [2.05, 4.69) is 35.5 Å². The van der Waals surface area contributed by atoms with Crippen LogP contribution in [0.25, 0.3) is 0 Å². The van der Waals surface area contributed by atoms with Crippen LogP contribution in [0.2, 0.25) is 0 Å². The summed E-state index contributed by atoms with van der Waals surface area (Å²) < 4.78 is 0. The van der Waals surface area contributed by atoms with Gasteiger partial charge in [0.15, 0.2) is 0 Å². The minimum absolute atomic E-state index is 0.0951. The maximum Gasteiger partial charge on any atom is 0.145 e. The maximum absolute atomic E-state index is 8.62. The van der Waals surface area contributed by atoms with Crippen LogP contribution in [0.5, 0.6) is 0 Å². The van der Waals surface area contributed by atoms with E-state index < -0.39 is 0 Å². The third-order valence-corrected chi connectivity index (χ3v) is 3.29. The molecule has 0 aromatic heterocycles. The van der Waals surface area contributed by atoms with Gasteiger partial charge in [-0.1, -0.05) is 12.1 Å². The lowest BCUT2D eigenvalue weighted by molar-refractivity contribution is 0.741. The zero-order valence-electron chi connectivity index (χ0n) is 11.0. The second kappa shape index (κ2) is 5.93. The first-order chi connectivity index (χ1) is 9.24. The molecule has 0 saturated carbocycles. The highest BCUT2D eigenvalue weighted by atomic mass is 15.1. The molecule has 0 aliphatic carbocycles. The van der Waals surface area contributed by atoms with E-state index in [0.717, 1.165) is 13.0 Å². The molecule has 0 spiro atoms. The Morgan fingerprint density at radius 1 is 1.42 bits per heavy atom. The number of nitriles is 2. The predicted molar refractivity (Wildman–Crippen MR) is 74.2 cm³/mol. The Morgan fingerprint density at radius 2 is 2.21 bits per heavy atom. The number of hydrogen-bond donors (Lipinski definition) is 1. The average molecular weight is 252 g/mol. The standard InChI is InChI=1S/C15H16N4/c1-19-6-2-3-14-7-12(4-5-15(14)19)10-18-11-13(8-16)9-17/h4-5,7,11,18H,2-3,6,10H2,1H3. The lowest BCUT2D eigenvalue weighted by Crippen LogP contribution is -2.24. The Kier molecular flexibility index (Phi) is 4.05. The van der Waals surface area contributed by atoms with Crippen LogP contribution in [0, 0.1) is 22.7 Å². The van der Waals surface area contributed by atoms with E-state index in [-0.39, 0.29) is 5.57 Å². The number of nitrogens with one attached hydrogen (secondary N) is 1. The molecule has 0 fully saturated rings. The Labute approximate surface area is 113 Å². The third-order valence-electron chi connectivity index (χ3n) is 3.29. The zero-order chi connectivity index (χ0) is 13.7. The van der Waals surface area contributed by atoms with Crippen molar-refractivity contribution in [3.05, 3.63) is 41.1 Å². The number of anilines is 1. The van der Waals surface area contributed by atoms with Crippen LogP contribution in [0.1, 0.15) is 17.5 Å². The van der Waals surface area contributed by atoms with Crippen LogP contribution in [0.4, 0.5) is 5.69 Å². The maximum atomic E-state index is 8.62. The van der Waals surface area contributed by atoms with Gasteiger partial charge in [-0.15, -0.1) is 0 Å². The molecular weight excluding hydrogens is 236 g/mol. The van der Waals surface area contributed by atoms with Gasteiger partial charge in [-0.3, -0.25) is 0 Å². The molecule has 4 nitrogen and oxygen atoms in total. The Hall–Kier alpha value is -2.46. The Bertz CT molecular complexity index is 559. The topological polar surface area (TPSA) is 62.9 Å². The van der Waals surface area contributed by atoms with Gasteiger partial charge in [0, 0.05) is 32.0 Å². The molecule has 0 unspecified atom stereocenters. The predicted octanol–water partition coefficient (Wildman–Crippen LogP) is 2.09. The second-order valence-corrected chi connectivity index (χ2v) is 4.65. The Morgan fingerprint density at radius 3 is 2.95 bits per heavy atom. The fraction of sp³-hybridized carbons (Fsp3) is 0.333. The van der Waals surface area contributed by atoms with Crippen LogP contribution in [-0.4, -0.2) is 13.6 Å². The van der Waals surface area contributed by atoms with Gasteiger partial charge < -0.3 is 10.2 Å². The van der Waals surface area contributed by atoms with Crippen molar-refractivity contribution in [2.24, 2.45) is 0 Å². The van der Waals surface area contributed by atoms with Gasteiger partial charge in [0.1, 0.15) is 17.7 Å². The molecule has 0 radical (unpaired) electrons. The lowest BCUT2D eigenvalue weighted by Gasteiger charge is -2.27. The van der Waals surface area contributed by atoms with Crippen molar-refractivity contribution >= 4 is 5.69 Å². The van der Waals surface area contributed by atoms with E-state index in [9.17, 15) is 0 Å². The zero-order valence-corrected chi connectivity index (χ0v) is 11.0. The largest absolute Gasteiger partial charge is 0.385 e. The molecule has 1 aliphatic heterocycles. The minimum Gasteiger partial charge on any atom is -0.385 e. The van der Waals surface area contributed by atoms with Crippen LogP contribution in [0.15, 0.2) is 30.0 Å². The number of hydrogen-bond acceptors (Lipinski definition) is 4. The van der Waals surface area contributed by atoms with E-state index >= 15 is 0 Å². The van der Waals surface area contributed by atoms with Crippen LogP contribution >= 0.6 is 0 Å². The summed E-state index contributed by atoms with van der Waals surface area (Å²) in [7, 11) is 2.12. The van der Waals surface area contributed by atoms with Crippen molar-refractivity contribution in [3.8, 4) is 12.1 Å². The van der Waals surface area contributed by atoms with E-state index in [4.69, 9.17) is 10.5 Å². The summed E-state index contributed by atoms with van der Waals surface area (Å²) in [6.45, 7) is 1.74. The van der Waals surface area contributed by atoms with E-state index in [1.54, 1.807) is 0 Å². The summed E-state index contributed by atoms with van der Waals surface area (Å²) in [4.78, 5) is 2.28. The van der Waals surface area contributed by atoms with Crippen LogP contribution < -0.4 is 10.2 Å². The molecule has 1 aromatic rings. The molecule has 1 heterocycles. The van der Waals surface area contributed by atoms with Gasteiger partial charge in [0.25, 0.3) is 0 Å². The summed E-state index contributed by atoms with van der Waals surface area (Å²) in [5.74, 6) is 0. The molecule has 19 heavy (non-hydrogen) atoms. The number of fused-ring (bicyclic) bond motifs is 1. The molecule has 0 amide bonds. The number of rotatable bonds is 3. The second-order valence-electron chi connectivity index (χ2n) is 4.65. The first kappa shape index (κ1) is 13.0. The molecular formula is C15H16N4. The van der Waals surface area contributed by atoms with Gasteiger partial charge in [0.05, 0.1) is 0 Å². The quantitative estimate of drug-likeness (QED) is 0.837. The van der Waals surface area contributed by atoms with Gasteiger partial charge >= 0.3 is 0 Å². The number of allylic oxidation sites excluding steroid dienone is 1. The summed E-state index contributed by atoms with van der Waals surface area (Å²) in [6.07, 6.45) is 3.77. The highest BCUT2D eigenvalue weighted by Gasteiger charge is 2.13. The van der Waals surface area contributed by atoms with Gasteiger partial charge in [0.2, 0.25) is 0 Å². The van der Waals surface area contributed by atoms with Crippen molar-refractivity contribution in [1.82, 2.24) is 5.32 Å². The normalized spacial score (nSPS) is 12.9. The third kappa shape index (κ3) is 3.05. The molecule has 0 bridgehead atoms. The summed E-state index contributed by atoms with van der Waals surface area (Å²) in [5, 5.41) is 20.2. The highest BCUT2D eigenvalue weighted by Crippen LogP contribution is 2.26. The lowest BCUT2D eigenvalue weighted by atomic mass is 9.99. The smallest absolute Gasteiger partial charge is 0.145 e. The molecule has 96 valence electrons. The van der Waals surface area contributed by atoms with Gasteiger partial charge in [-0.2, -0.15) is 10.5 Å². The van der Waals surface area contributed by atoms with Crippen molar-refractivity contribution < 1.29 is 0 Å². The van der Waals surface area contributed by atoms with Crippen LogP contribution in [-0.2, 0) is 13.0 Å². The van der Waals surface area contributed by atoms with Crippen LogP contribution in [0.3, 0.4) is 0 Å². The summed E-state index contributed by atoms with van der Waals surface area (Å²) in [5.41, 5.74) is 3.94. The minimum atomic E-state index is 0.0951. The molecule has 2 rings (SSSR count). The molecule has 4 heteroatoms. The number of benzene rings is 1.